The number of nitrogens with zero attached hydrogens (tertiary/aromatic N) is 2. The zero-order chi connectivity index (χ0) is 9.26. The van der Waals surface area contributed by atoms with E-state index >= 15 is 0 Å². The molecule has 1 atom stereocenters. The van der Waals surface area contributed by atoms with Crippen LogP contribution in [0.1, 0.15) is 18.9 Å². The minimum atomic E-state index is 0.732. The molecule has 2 heterocycles. The van der Waals surface area contributed by atoms with Crippen molar-refractivity contribution in [2.45, 2.75) is 13.3 Å². The normalized spacial score (nSPS) is 22.3. The van der Waals surface area contributed by atoms with Crippen LogP contribution in [-0.2, 0) is 0 Å². The highest BCUT2D eigenvalue weighted by Crippen LogP contribution is 2.21. The second kappa shape index (κ2) is 3.36. The summed E-state index contributed by atoms with van der Waals surface area (Å²) in [5.41, 5.74) is 0.732. The molecular formula is C11H14N2. The van der Waals surface area contributed by atoms with Gasteiger partial charge in [0.15, 0.2) is 0 Å². The summed E-state index contributed by atoms with van der Waals surface area (Å²) < 4.78 is 0. The molecule has 1 aromatic rings. The minimum Gasteiger partial charge on any atom is -0.356 e. The second-order valence-electron chi connectivity index (χ2n) is 3.79. The van der Waals surface area contributed by atoms with Crippen molar-refractivity contribution in [3.8, 4) is 0 Å². The highest BCUT2D eigenvalue weighted by atomic mass is 15.2. The fourth-order valence-electron chi connectivity index (χ4n) is 1.73. The maximum Gasteiger partial charge on any atom is 0.128 e. The van der Waals surface area contributed by atoms with Crippen LogP contribution in [-0.4, -0.2) is 18.1 Å². The van der Waals surface area contributed by atoms with Gasteiger partial charge in [-0.25, -0.2) is 4.98 Å². The third-order valence-corrected chi connectivity index (χ3v) is 2.52. The first-order valence-electron chi connectivity index (χ1n) is 4.72. The summed E-state index contributed by atoms with van der Waals surface area (Å²) in [6.45, 7) is 10.1. The van der Waals surface area contributed by atoms with E-state index in [0.29, 0.717) is 0 Å². The van der Waals surface area contributed by atoms with Crippen LogP contribution >= 0.6 is 0 Å². The van der Waals surface area contributed by atoms with Crippen LogP contribution in [0, 0.1) is 12.8 Å². The Kier molecular flexibility index (Phi) is 2.21. The fraction of sp³-hybridized carbons (Fsp3) is 0.455. The number of rotatable bonds is 1. The molecule has 2 rings (SSSR count). The molecule has 0 spiro atoms. The molecule has 0 amide bonds. The van der Waals surface area contributed by atoms with Crippen molar-refractivity contribution in [1.82, 2.24) is 4.98 Å². The van der Waals surface area contributed by atoms with Gasteiger partial charge in [-0.3, -0.25) is 0 Å². The van der Waals surface area contributed by atoms with E-state index in [2.05, 4.69) is 16.8 Å². The van der Waals surface area contributed by atoms with E-state index in [1.165, 1.54) is 6.42 Å². The topological polar surface area (TPSA) is 16.1 Å². The highest BCUT2D eigenvalue weighted by molar-refractivity contribution is 5.40. The number of hydrogen-bond donors (Lipinski definition) is 0. The van der Waals surface area contributed by atoms with Crippen molar-refractivity contribution < 1.29 is 0 Å². The molecule has 2 radical (unpaired) electrons. The molecule has 0 aromatic carbocycles. The molecule has 2 heteroatoms. The van der Waals surface area contributed by atoms with Crippen molar-refractivity contribution in [3.05, 3.63) is 30.8 Å². The molecule has 0 N–H and O–H groups in total. The monoisotopic (exact) mass is 174 g/mol. The SMILES string of the molecule is [CH]c1ccc(N2CCC(C)C2)nc1. The maximum atomic E-state index is 5.57. The summed E-state index contributed by atoms with van der Waals surface area (Å²) in [6, 6.07) is 3.90. The van der Waals surface area contributed by atoms with E-state index in [1.54, 1.807) is 6.20 Å². The zero-order valence-corrected chi connectivity index (χ0v) is 7.90. The molecule has 1 aliphatic rings. The lowest BCUT2D eigenvalue weighted by Crippen LogP contribution is -2.19. The number of aromatic nitrogens is 1. The van der Waals surface area contributed by atoms with E-state index in [9.17, 15) is 0 Å². The Bertz CT molecular complexity index is 279. The summed E-state index contributed by atoms with van der Waals surface area (Å²) in [6.07, 6.45) is 2.99. The number of anilines is 1. The molecule has 2 nitrogen and oxygen atoms in total. The lowest BCUT2D eigenvalue weighted by atomic mass is 10.2. The quantitative estimate of drug-likeness (QED) is 0.647. The second-order valence-corrected chi connectivity index (χ2v) is 3.79. The molecule has 1 aromatic heterocycles. The summed E-state index contributed by atoms with van der Waals surface area (Å²) >= 11 is 0. The summed E-state index contributed by atoms with van der Waals surface area (Å²) in [4.78, 5) is 6.61. The lowest BCUT2D eigenvalue weighted by molar-refractivity contribution is 0.659. The van der Waals surface area contributed by atoms with E-state index in [-0.39, 0.29) is 0 Å². The maximum absolute atomic E-state index is 5.57. The lowest BCUT2D eigenvalue weighted by Gasteiger charge is -2.16. The van der Waals surface area contributed by atoms with Gasteiger partial charge in [0.05, 0.1) is 0 Å². The standard InChI is InChI=1S/C11H14N2/c1-9-3-4-11(12-7-9)13-6-5-10(2)8-13/h1,3-4,7,10H,5-6,8H2,2H3. The van der Waals surface area contributed by atoms with E-state index in [4.69, 9.17) is 6.92 Å². The Balaban J connectivity index is 2.13. The molecule has 1 unspecified atom stereocenters. The first-order valence-corrected chi connectivity index (χ1v) is 4.72. The Morgan fingerprint density at radius 1 is 1.54 bits per heavy atom. The molecule has 0 aliphatic carbocycles. The Labute approximate surface area is 79.6 Å². The molecule has 68 valence electrons. The smallest absolute Gasteiger partial charge is 0.128 e. The summed E-state index contributed by atoms with van der Waals surface area (Å²) in [5.74, 6) is 1.85. The first-order chi connectivity index (χ1) is 6.25. The average Bonchev–Trinajstić information content (AvgIpc) is 2.53. The Hall–Kier alpha value is -1.05. The predicted octanol–water partition coefficient (Wildman–Crippen LogP) is 1.99. The van der Waals surface area contributed by atoms with E-state index in [0.717, 1.165) is 30.4 Å². The van der Waals surface area contributed by atoms with Gasteiger partial charge in [-0.1, -0.05) is 13.0 Å². The molecule has 1 aliphatic heterocycles. The number of pyridine rings is 1. The molecule has 1 fully saturated rings. The van der Waals surface area contributed by atoms with Crippen LogP contribution in [0.15, 0.2) is 18.3 Å². The average molecular weight is 174 g/mol. The largest absolute Gasteiger partial charge is 0.356 e. The van der Waals surface area contributed by atoms with Crippen molar-refractivity contribution >= 4 is 5.82 Å². The van der Waals surface area contributed by atoms with Crippen molar-refractivity contribution in [1.29, 1.82) is 0 Å². The van der Waals surface area contributed by atoms with E-state index in [1.807, 2.05) is 12.1 Å². The van der Waals surface area contributed by atoms with Gasteiger partial charge in [-0.05, 0) is 24.0 Å². The molecule has 1 saturated heterocycles. The summed E-state index contributed by atoms with van der Waals surface area (Å²) in [7, 11) is 0. The van der Waals surface area contributed by atoms with Gasteiger partial charge in [-0.15, -0.1) is 0 Å². The Morgan fingerprint density at radius 2 is 2.38 bits per heavy atom. The van der Waals surface area contributed by atoms with Crippen LogP contribution in [0.5, 0.6) is 0 Å². The highest BCUT2D eigenvalue weighted by Gasteiger charge is 2.19. The van der Waals surface area contributed by atoms with Crippen molar-refractivity contribution in [3.63, 3.8) is 0 Å². The van der Waals surface area contributed by atoms with Gasteiger partial charge >= 0.3 is 0 Å². The molecule has 0 bridgehead atoms. The third-order valence-electron chi connectivity index (χ3n) is 2.52. The van der Waals surface area contributed by atoms with Gasteiger partial charge in [-0.2, -0.15) is 0 Å². The fourth-order valence-corrected chi connectivity index (χ4v) is 1.73. The summed E-state index contributed by atoms with van der Waals surface area (Å²) in [5, 5.41) is 0. The van der Waals surface area contributed by atoms with Crippen LogP contribution in [0.2, 0.25) is 0 Å². The minimum absolute atomic E-state index is 0.732. The van der Waals surface area contributed by atoms with Crippen molar-refractivity contribution in [2.75, 3.05) is 18.0 Å². The molecule has 0 saturated carbocycles. The van der Waals surface area contributed by atoms with Crippen LogP contribution in [0.4, 0.5) is 5.82 Å². The van der Waals surface area contributed by atoms with Gasteiger partial charge in [0, 0.05) is 26.2 Å². The van der Waals surface area contributed by atoms with Gasteiger partial charge in [0.25, 0.3) is 0 Å². The predicted molar refractivity (Wildman–Crippen MR) is 53.6 cm³/mol. The van der Waals surface area contributed by atoms with Crippen LogP contribution in [0.3, 0.4) is 0 Å². The van der Waals surface area contributed by atoms with Gasteiger partial charge in [0.2, 0.25) is 0 Å². The first kappa shape index (κ1) is 8.54. The van der Waals surface area contributed by atoms with Crippen LogP contribution in [0.25, 0.3) is 0 Å². The van der Waals surface area contributed by atoms with Gasteiger partial charge in [0.1, 0.15) is 5.82 Å². The molecule has 13 heavy (non-hydrogen) atoms. The van der Waals surface area contributed by atoms with E-state index < -0.39 is 0 Å². The Morgan fingerprint density at radius 3 is 2.92 bits per heavy atom. The zero-order valence-electron chi connectivity index (χ0n) is 7.90. The molecular weight excluding hydrogens is 160 g/mol. The van der Waals surface area contributed by atoms with Crippen molar-refractivity contribution in [2.24, 2.45) is 5.92 Å². The third kappa shape index (κ3) is 1.82. The number of hydrogen-bond acceptors (Lipinski definition) is 2. The van der Waals surface area contributed by atoms with Gasteiger partial charge < -0.3 is 4.90 Å². The van der Waals surface area contributed by atoms with Crippen LogP contribution < -0.4 is 4.90 Å².